The molecule has 0 radical (unpaired) electrons. The van der Waals surface area contributed by atoms with Crippen molar-refractivity contribution in [2.75, 3.05) is 0 Å². The zero-order valence-corrected chi connectivity index (χ0v) is 13.4. The smallest absolute Gasteiger partial charge is 0.337 e. The van der Waals surface area contributed by atoms with Crippen molar-refractivity contribution < 1.29 is 28.2 Å². The fourth-order valence-corrected chi connectivity index (χ4v) is 2.23. The lowest BCUT2D eigenvalue weighted by Gasteiger charge is -2.30. The summed E-state index contributed by atoms with van der Waals surface area (Å²) in [5, 5.41) is 0. The van der Waals surface area contributed by atoms with Crippen LogP contribution in [0.15, 0.2) is 41.0 Å². The maximum absolute atomic E-state index is 11.7. The molecule has 0 spiro atoms. The van der Waals surface area contributed by atoms with E-state index in [1.54, 1.807) is 38.1 Å². The predicted molar refractivity (Wildman–Crippen MR) is 82.5 cm³/mol. The highest BCUT2D eigenvalue weighted by Gasteiger charge is 2.30. The SMILES string of the molecule is CC(=O)Oc1coc(-c2cccc(C3=CC(=O)OC(C)(C)O3)c2)n1. The molecule has 2 aromatic rings. The van der Waals surface area contributed by atoms with Crippen LogP contribution in [0.3, 0.4) is 0 Å². The molecule has 0 saturated carbocycles. The van der Waals surface area contributed by atoms with Crippen LogP contribution in [0.5, 0.6) is 5.88 Å². The highest BCUT2D eigenvalue weighted by atomic mass is 16.7. The van der Waals surface area contributed by atoms with Gasteiger partial charge < -0.3 is 18.6 Å². The number of aromatic nitrogens is 1. The van der Waals surface area contributed by atoms with E-state index >= 15 is 0 Å². The Hall–Kier alpha value is -3.09. The van der Waals surface area contributed by atoms with Gasteiger partial charge in [0, 0.05) is 31.9 Å². The molecule has 0 atom stereocenters. The van der Waals surface area contributed by atoms with Gasteiger partial charge in [0.25, 0.3) is 5.88 Å². The van der Waals surface area contributed by atoms with Crippen LogP contribution in [-0.4, -0.2) is 22.7 Å². The molecule has 0 saturated heterocycles. The number of carbonyl (C=O) groups is 2. The third kappa shape index (κ3) is 3.45. The number of ether oxygens (including phenoxy) is 3. The van der Waals surface area contributed by atoms with Crippen molar-refractivity contribution in [2.45, 2.75) is 26.6 Å². The molecule has 24 heavy (non-hydrogen) atoms. The Morgan fingerprint density at radius 2 is 1.96 bits per heavy atom. The first-order chi connectivity index (χ1) is 11.3. The van der Waals surface area contributed by atoms with Crippen molar-refractivity contribution in [1.82, 2.24) is 4.98 Å². The number of esters is 2. The minimum absolute atomic E-state index is 0.0840. The molecule has 7 heteroatoms. The molecular formula is C17H15NO6. The van der Waals surface area contributed by atoms with Crippen LogP contribution in [0, 0.1) is 0 Å². The van der Waals surface area contributed by atoms with Gasteiger partial charge in [-0.2, -0.15) is 4.98 Å². The third-order valence-corrected chi connectivity index (χ3v) is 3.08. The van der Waals surface area contributed by atoms with Gasteiger partial charge >= 0.3 is 11.9 Å². The average Bonchev–Trinajstić information content (AvgIpc) is 2.93. The van der Waals surface area contributed by atoms with Crippen LogP contribution in [0.4, 0.5) is 0 Å². The number of nitrogens with zero attached hydrogens (tertiary/aromatic N) is 1. The summed E-state index contributed by atoms with van der Waals surface area (Å²) >= 11 is 0. The Bertz CT molecular complexity index is 833. The van der Waals surface area contributed by atoms with E-state index in [0.717, 1.165) is 0 Å². The summed E-state index contributed by atoms with van der Waals surface area (Å²) in [6, 6.07) is 7.10. The van der Waals surface area contributed by atoms with Crippen molar-refractivity contribution >= 4 is 17.7 Å². The molecule has 1 aromatic carbocycles. The van der Waals surface area contributed by atoms with Gasteiger partial charge in [-0.3, -0.25) is 4.79 Å². The second-order valence-corrected chi connectivity index (χ2v) is 5.60. The maximum atomic E-state index is 11.7. The maximum Gasteiger partial charge on any atom is 0.337 e. The minimum atomic E-state index is -1.04. The topological polar surface area (TPSA) is 87.9 Å². The largest absolute Gasteiger partial charge is 0.452 e. The van der Waals surface area contributed by atoms with Gasteiger partial charge in [0.2, 0.25) is 11.7 Å². The number of carbonyl (C=O) groups excluding carboxylic acids is 2. The highest BCUT2D eigenvalue weighted by molar-refractivity contribution is 5.91. The zero-order chi connectivity index (χ0) is 17.3. The van der Waals surface area contributed by atoms with E-state index in [2.05, 4.69) is 4.98 Å². The Labute approximate surface area is 137 Å². The summed E-state index contributed by atoms with van der Waals surface area (Å²) in [5.41, 5.74) is 1.32. The Balaban J connectivity index is 1.91. The van der Waals surface area contributed by atoms with Crippen molar-refractivity contribution in [3.63, 3.8) is 0 Å². The van der Waals surface area contributed by atoms with Crippen molar-refractivity contribution in [2.24, 2.45) is 0 Å². The fraction of sp³-hybridized carbons (Fsp3) is 0.235. The fourth-order valence-electron chi connectivity index (χ4n) is 2.23. The van der Waals surface area contributed by atoms with Gasteiger partial charge in [0.15, 0.2) is 6.26 Å². The second-order valence-electron chi connectivity index (χ2n) is 5.60. The molecule has 1 aromatic heterocycles. The molecule has 3 rings (SSSR count). The van der Waals surface area contributed by atoms with E-state index in [1.165, 1.54) is 19.3 Å². The van der Waals surface area contributed by atoms with Crippen molar-refractivity contribution in [3.05, 3.63) is 42.2 Å². The lowest BCUT2D eigenvalue weighted by Crippen LogP contribution is -2.33. The molecule has 0 fully saturated rings. The summed E-state index contributed by atoms with van der Waals surface area (Å²) in [7, 11) is 0. The van der Waals surface area contributed by atoms with Crippen LogP contribution in [0.2, 0.25) is 0 Å². The molecule has 2 heterocycles. The monoisotopic (exact) mass is 329 g/mol. The van der Waals surface area contributed by atoms with Gasteiger partial charge in [-0.1, -0.05) is 12.1 Å². The number of hydrogen-bond donors (Lipinski definition) is 0. The zero-order valence-electron chi connectivity index (χ0n) is 13.4. The average molecular weight is 329 g/mol. The van der Waals surface area contributed by atoms with Crippen LogP contribution in [0.1, 0.15) is 26.3 Å². The summed E-state index contributed by atoms with van der Waals surface area (Å²) < 4.78 is 20.9. The van der Waals surface area contributed by atoms with E-state index in [-0.39, 0.29) is 11.8 Å². The number of oxazole rings is 1. The quantitative estimate of drug-likeness (QED) is 0.800. The van der Waals surface area contributed by atoms with E-state index in [0.29, 0.717) is 16.9 Å². The predicted octanol–water partition coefficient (Wildman–Crippen LogP) is 2.92. The molecule has 124 valence electrons. The number of rotatable bonds is 3. The number of hydrogen-bond acceptors (Lipinski definition) is 7. The molecular weight excluding hydrogens is 314 g/mol. The Morgan fingerprint density at radius 1 is 1.21 bits per heavy atom. The van der Waals surface area contributed by atoms with Crippen molar-refractivity contribution in [1.29, 1.82) is 0 Å². The van der Waals surface area contributed by atoms with E-state index in [9.17, 15) is 9.59 Å². The number of cyclic esters (lactones) is 1. The van der Waals surface area contributed by atoms with Crippen LogP contribution in [0.25, 0.3) is 17.2 Å². The molecule has 0 unspecified atom stereocenters. The molecule has 0 aliphatic carbocycles. The lowest BCUT2D eigenvalue weighted by molar-refractivity contribution is -0.193. The van der Waals surface area contributed by atoms with Crippen molar-refractivity contribution in [3.8, 4) is 17.3 Å². The van der Waals surface area contributed by atoms with Gasteiger partial charge in [-0.25, -0.2) is 4.79 Å². The van der Waals surface area contributed by atoms with E-state index in [4.69, 9.17) is 18.6 Å². The molecule has 0 bridgehead atoms. The molecule has 0 amide bonds. The first-order valence-corrected chi connectivity index (χ1v) is 7.21. The highest BCUT2D eigenvalue weighted by Crippen LogP contribution is 2.31. The lowest BCUT2D eigenvalue weighted by atomic mass is 10.1. The summed E-state index contributed by atoms with van der Waals surface area (Å²) in [4.78, 5) is 26.7. The summed E-state index contributed by atoms with van der Waals surface area (Å²) in [6.45, 7) is 4.59. The Kier molecular flexibility index (Phi) is 3.84. The van der Waals surface area contributed by atoms with Gasteiger partial charge in [-0.15, -0.1) is 0 Å². The van der Waals surface area contributed by atoms with Gasteiger partial charge in [-0.05, 0) is 12.1 Å². The van der Waals surface area contributed by atoms with E-state index < -0.39 is 17.7 Å². The normalized spacial score (nSPS) is 16.0. The summed E-state index contributed by atoms with van der Waals surface area (Å²) in [6.07, 6.45) is 2.53. The minimum Gasteiger partial charge on any atom is -0.452 e. The Morgan fingerprint density at radius 3 is 2.67 bits per heavy atom. The van der Waals surface area contributed by atoms with Gasteiger partial charge in [0.1, 0.15) is 5.76 Å². The van der Waals surface area contributed by atoms with Gasteiger partial charge in [0.05, 0.1) is 6.08 Å². The second kappa shape index (κ2) is 5.84. The van der Waals surface area contributed by atoms with Crippen LogP contribution >= 0.6 is 0 Å². The van der Waals surface area contributed by atoms with Crippen LogP contribution in [-0.2, 0) is 19.1 Å². The number of benzene rings is 1. The third-order valence-electron chi connectivity index (χ3n) is 3.08. The standard InChI is InChI=1S/C17H15NO6/c1-10(19)22-14-9-21-16(18-14)12-6-4-5-11(7-12)13-8-15(20)24-17(2,3)23-13/h4-9H,1-3H3. The molecule has 1 aliphatic rings. The first kappa shape index (κ1) is 15.8. The molecule has 1 aliphatic heterocycles. The van der Waals surface area contributed by atoms with E-state index in [1.807, 2.05) is 0 Å². The van der Waals surface area contributed by atoms with Crippen LogP contribution < -0.4 is 4.74 Å². The molecule has 0 N–H and O–H groups in total. The molecule has 7 nitrogen and oxygen atoms in total. The summed E-state index contributed by atoms with van der Waals surface area (Å²) in [5.74, 6) is -1.23. The first-order valence-electron chi connectivity index (χ1n) is 7.21.